The molecule has 1 fully saturated rings. The number of rotatable bonds is 9. The number of hydrogen-bond acceptors (Lipinski definition) is 6. The number of piperazine rings is 1. The molecule has 1 aliphatic heterocycles. The minimum atomic E-state index is -0.191. The molecule has 6 rings (SSSR count). The van der Waals surface area contributed by atoms with E-state index in [2.05, 4.69) is 106 Å². The van der Waals surface area contributed by atoms with Gasteiger partial charge < -0.3 is 4.74 Å². The number of aryl methyl sites for hydroxylation is 2. The first-order valence-electron chi connectivity index (χ1n) is 14.7. The van der Waals surface area contributed by atoms with Crippen LogP contribution in [-0.4, -0.2) is 62.7 Å². The van der Waals surface area contributed by atoms with Crippen LogP contribution in [0, 0.1) is 13.8 Å². The Morgan fingerprint density at radius 2 is 1.52 bits per heavy atom. The normalized spacial score (nSPS) is 15.1. The second-order valence-corrected chi connectivity index (χ2v) is 11.8. The summed E-state index contributed by atoms with van der Waals surface area (Å²) >= 11 is 12.4. The zero-order chi connectivity index (χ0) is 30.5. The van der Waals surface area contributed by atoms with Crippen LogP contribution in [0.2, 0.25) is 10.0 Å². The topological polar surface area (TPSA) is 59.3 Å². The van der Waals surface area contributed by atoms with Crippen LogP contribution >= 0.6 is 23.2 Å². The van der Waals surface area contributed by atoms with Crippen molar-refractivity contribution < 1.29 is 4.74 Å². The second kappa shape index (κ2) is 13.7. The van der Waals surface area contributed by atoms with E-state index in [1.165, 1.54) is 5.56 Å². The van der Waals surface area contributed by atoms with Gasteiger partial charge in [-0.2, -0.15) is 4.68 Å². The summed E-state index contributed by atoms with van der Waals surface area (Å²) in [6.07, 6.45) is 4.43. The number of benzene rings is 4. The average Bonchev–Trinajstić information content (AvgIpc) is 3.49. The minimum Gasteiger partial charge on any atom is -0.457 e. The average molecular weight is 626 g/mol. The quantitative estimate of drug-likeness (QED) is 0.167. The summed E-state index contributed by atoms with van der Waals surface area (Å²) in [5.74, 6) is 2.08. The third kappa shape index (κ3) is 6.87. The van der Waals surface area contributed by atoms with Gasteiger partial charge >= 0.3 is 0 Å². The maximum absolute atomic E-state index is 6.25. The lowest BCUT2D eigenvalue weighted by Gasteiger charge is -2.38. The molecule has 0 saturated carbocycles. The molecule has 0 spiro atoms. The molecule has 1 atom stereocenters. The highest BCUT2D eigenvalue weighted by Crippen LogP contribution is 2.35. The number of aromatic nitrogens is 4. The van der Waals surface area contributed by atoms with Gasteiger partial charge in [0.05, 0.1) is 21.8 Å². The highest BCUT2D eigenvalue weighted by atomic mass is 35.5. The van der Waals surface area contributed by atoms with Gasteiger partial charge in [0.15, 0.2) is 5.82 Å². The van der Waals surface area contributed by atoms with E-state index in [0.717, 1.165) is 60.9 Å². The molecular formula is C35H34Cl2N6O. The maximum Gasteiger partial charge on any atom is 0.178 e. The van der Waals surface area contributed by atoms with Crippen molar-refractivity contribution in [1.82, 2.24) is 30.0 Å². The van der Waals surface area contributed by atoms with E-state index in [1.54, 1.807) is 12.1 Å². The Morgan fingerprint density at radius 1 is 0.795 bits per heavy atom. The molecule has 1 aliphatic rings. The molecule has 44 heavy (non-hydrogen) atoms. The number of nitrogens with zero attached hydrogens (tertiary/aromatic N) is 6. The van der Waals surface area contributed by atoms with Crippen molar-refractivity contribution in [2.75, 3.05) is 32.7 Å². The second-order valence-electron chi connectivity index (χ2n) is 11.0. The van der Waals surface area contributed by atoms with E-state index in [1.807, 2.05) is 28.9 Å². The third-order valence-corrected chi connectivity index (χ3v) is 8.67. The first-order valence-corrected chi connectivity index (χ1v) is 15.5. The number of hydrogen-bond donors (Lipinski definition) is 0. The molecule has 0 radical (unpaired) electrons. The van der Waals surface area contributed by atoms with Crippen molar-refractivity contribution in [3.63, 3.8) is 0 Å². The molecule has 1 saturated heterocycles. The van der Waals surface area contributed by atoms with Gasteiger partial charge in [0, 0.05) is 38.8 Å². The summed E-state index contributed by atoms with van der Waals surface area (Å²) < 4.78 is 8.12. The summed E-state index contributed by atoms with van der Waals surface area (Å²) in [7, 11) is 0. The van der Waals surface area contributed by atoms with Crippen LogP contribution < -0.4 is 4.74 Å². The molecule has 0 aliphatic carbocycles. The van der Waals surface area contributed by atoms with Gasteiger partial charge in [0.1, 0.15) is 11.5 Å². The van der Waals surface area contributed by atoms with Crippen LogP contribution in [0.5, 0.6) is 11.5 Å². The first-order chi connectivity index (χ1) is 21.5. The standard InChI is InChI=1S/C35H34Cl2N6O/c1-25-9-6-10-26(2)33(25)43-35(38-39-40-43)34(28-14-7-15-29(23-28)44-30-16-17-31(36)32(37)24-30)42-21-19-41(20-22-42)18-8-13-27-11-4-3-5-12-27/h3-17,23-24,34H,18-22H2,1-2H3/b13-8+/t34-/m1/s1. The Hall–Kier alpha value is -4.01. The van der Waals surface area contributed by atoms with Gasteiger partial charge in [-0.25, -0.2) is 0 Å². The predicted molar refractivity (Wildman–Crippen MR) is 177 cm³/mol. The number of para-hydroxylation sites is 1. The Kier molecular flexibility index (Phi) is 9.38. The third-order valence-electron chi connectivity index (χ3n) is 7.94. The largest absolute Gasteiger partial charge is 0.457 e. The molecule has 0 N–H and O–H groups in total. The Balaban J connectivity index is 1.29. The fraction of sp³-hybridized carbons (Fsp3) is 0.229. The Labute approximate surface area is 268 Å². The van der Waals surface area contributed by atoms with Gasteiger partial charge in [0.2, 0.25) is 0 Å². The predicted octanol–water partition coefficient (Wildman–Crippen LogP) is 7.80. The Bertz CT molecular complexity index is 1730. The number of halogens is 2. The molecule has 4 aromatic carbocycles. The molecule has 9 heteroatoms. The summed E-state index contributed by atoms with van der Waals surface area (Å²) in [5.41, 5.74) is 5.49. The van der Waals surface area contributed by atoms with Gasteiger partial charge in [-0.1, -0.05) is 96.0 Å². The van der Waals surface area contributed by atoms with Crippen molar-refractivity contribution in [2.45, 2.75) is 19.9 Å². The van der Waals surface area contributed by atoms with E-state index in [4.69, 9.17) is 27.9 Å². The SMILES string of the molecule is Cc1cccc(C)c1-n1nnnc1[C@@H](c1cccc(Oc2ccc(Cl)c(Cl)c2)c1)N1CCN(C/C=C/c2ccccc2)CC1. The van der Waals surface area contributed by atoms with E-state index < -0.39 is 0 Å². The van der Waals surface area contributed by atoms with Crippen LogP contribution in [0.25, 0.3) is 11.8 Å². The highest BCUT2D eigenvalue weighted by molar-refractivity contribution is 6.42. The zero-order valence-corrected chi connectivity index (χ0v) is 26.3. The summed E-state index contributed by atoms with van der Waals surface area (Å²) in [4.78, 5) is 4.94. The minimum absolute atomic E-state index is 0.191. The molecule has 0 unspecified atom stereocenters. The van der Waals surface area contributed by atoms with E-state index in [0.29, 0.717) is 21.5 Å². The lowest BCUT2D eigenvalue weighted by molar-refractivity contribution is 0.113. The molecular weight excluding hydrogens is 591 g/mol. The fourth-order valence-electron chi connectivity index (χ4n) is 5.72. The molecule has 5 aromatic rings. The monoisotopic (exact) mass is 624 g/mol. The van der Waals surface area contributed by atoms with Gasteiger partial charge in [-0.3, -0.25) is 9.80 Å². The fourth-order valence-corrected chi connectivity index (χ4v) is 6.01. The van der Waals surface area contributed by atoms with Gasteiger partial charge in [-0.15, -0.1) is 5.10 Å². The van der Waals surface area contributed by atoms with E-state index in [-0.39, 0.29) is 6.04 Å². The van der Waals surface area contributed by atoms with E-state index in [9.17, 15) is 0 Å². The van der Waals surface area contributed by atoms with Crippen molar-refractivity contribution in [2.24, 2.45) is 0 Å². The van der Waals surface area contributed by atoms with Gasteiger partial charge in [0.25, 0.3) is 0 Å². The molecule has 2 heterocycles. The van der Waals surface area contributed by atoms with Crippen LogP contribution in [0.15, 0.2) is 97.1 Å². The zero-order valence-electron chi connectivity index (χ0n) is 24.8. The lowest BCUT2D eigenvalue weighted by atomic mass is 10.0. The molecule has 0 bridgehead atoms. The van der Waals surface area contributed by atoms with Crippen molar-refractivity contribution >= 4 is 29.3 Å². The van der Waals surface area contributed by atoms with Crippen LogP contribution in [0.1, 0.15) is 34.1 Å². The van der Waals surface area contributed by atoms with Crippen molar-refractivity contribution in [1.29, 1.82) is 0 Å². The van der Waals surface area contributed by atoms with Crippen LogP contribution in [0.3, 0.4) is 0 Å². The molecule has 224 valence electrons. The lowest BCUT2D eigenvalue weighted by Crippen LogP contribution is -2.48. The molecule has 0 amide bonds. The number of tetrazole rings is 1. The van der Waals surface area contributed by atoms with Crippen molar-refractivity contribution in [3.8, 4) is 17.2 Å². The van der Waals surface area contributed by atoms with Crippen LogP contribution in [-0.2, 0) is 0 Å². The molecule has 1 aromatic heterocycles. The molecule has 7 nitrogen and oxygen atoms in total. The number of ether oxygens (including phenoxy) is 1. The van der Waals surface area contributed by atoms with Crippen molar-refractivity contribution in [3.05, 3.63) is 135 Å². The first kappa shape index (κ1) is 30.0. The van der Waals surface area contributed by atoms with E-state index >= 15 is 0 Å². The summed E-state index contributed by atoms with van der Waals surface area (Å²) in [5, 5.41) is 14.2. The van der Waals surface area contributed by atoms with Crippen LogP contribution in [0.4, 0.5) is 0 Å². The summed E-state index contributed by atoms with van der Waals surface area (Å²) in [6, 6.07) is 29.9. The Morgan fingerprint density at radius 3 is 2.27 bits per heavy atom. The smallest absolute Gasteiger partial charge is 0.178 e. The highest BCUT2D eigenvalue weighted by Gasteiger charge is 2.31. The summed E-state index contributed by atoms with van der Waals surface area (Å²) in [6.45, 7) is 8.68. The maximum atomic E-state index is 6.25. The van der Waals surface area contributed by atoms with Gasteiger partial charge in [-0.05, 0) is 70.8 Å².